The van der Waals surface area contributed by atoms with Gasteiger partial charge in [-0.25, -0.2) is 0 Å². The van der Waals surface area contributed by atoms with Gasteiger partial charge in [0.15, 0.2) is 0 Å². The molecule has 1 heterocycles. The van der Waals surface area contributed by atoms with Crippen LogP contribution in [0, 0.1) is 5.92 Å². The maximum Gasteiger partial charge on any atom is 0.0787 e. The molecule has 1 saturated heterocycles. The van der Waals surface area contributed by atoms with Crippen molar-refractivity contribution in [1.29, 1.82) is 0 Å². The molecule has 3 heteroatoms. The van der Waals surface area contributed by atoms with Crippen LogP contribution in [-0.2, 0) is 0 Å². The van der Waals surface area contributed by atoms with Crippen molar-refractivity contribution in [2.24, 2.45) is 5.92 Å². The van der Waals surface area contributed by atoms with Gasteiger partial charge in [-0.05, 0) is 35.8 Å². The zero-order valence-electron chi connectivity index (χ0n) is 11.9. The summed E-state index contributed by atoms with van der Waals surface area (Å²) in [4.78, 5) is 0. The van der Waals surface area contributed by atoms with Gasteiger partial charge in [0.25, 0.3) is 0 Å². The van der Waals surface area contributed by atoms with Gasteiger partial charge in [-0.1, -0.05) is 44.2 Å². The largest absolute Gasteiger partial charge is 0.389 e. The van der Waals surface area contributed by atoms with Gasteiger partial charge in [-0.3, -0.25) is 0 Å². The SMILES string of the molecule is CC(C)C(NCC1(O)CCSCC1)c1ccccc1. The van der Waals surface area contributed by atoms with E-state index in [0.29, 0.717) is 18.5 Å². The van der Waals surface area contributed by atoms with Crippen LogP contribution >= 0.6 is 11.8 Å². The zero-order chi connectivity index (χ0) is 13.7. The van der Waals surface area contributed by atoms with Crippen molar-refractivity contribution in [2.45, 2.75) is 38.3 Å². The van der Waals surface area contributed by atoms with Crippen molar-refractivity contribution >= 4 is 11.8 Å². The van der Waals surface area contributed by atoms with Crippen molar-refractivity contribution in [3.05, 3.63) is 35.9 Å². The Labute approximate surface area is 121 Å². The maximum absolute atomic E-state index is 10.6. The Morgan fingerprint density at radius 3 is 2.42 bits per heavy atom. The molecule has 0 bridgehead atoms. The molecule has 1 aliphatic heterocycles. The van der Waals surface area contributed by atoms with E-state index in [2.05, 4.69) is 43.4 Å². The van der Waals surface area contributed by atoms with E-state index in [4.69, 9.17) is 0 Å². The highest BCUT2D eigenvalue weighted by Gasteiger charge is 2.30. The average molecular weight is 279 g/mol. The minimum atomic E-state index is -0.507. The first-order chi connectivity index (χ1) is 9.11. The number of benzene rings is 1. The Bertz CT molecular complexity index is 374. The van der Waals surface area contributed by atoms with Crippen LogP contribution in [0.5, 0.6) is 0 Å². The molecule has 1 aliphatic rings. The number of hydrogen-bond acceptors (Lipinski definition) is 3. The summed E-state index contributed by atoms with van der Waals surface area (Å²) in [5.74, 6) is 2.68. The van der Waals surface area contributed by atoms with Gasteiger partial charge < -0.3 is 10.4 Å². The van der Waals surface area contributed by atoms with Gasteiger partial charge in [0.2, 0.25) is 0 Å². The number of rotatable bonds is 5. The summed E-state index contributed by atoms with van der Waals surface area (Å²) in [5.41, 5.74) is 0.805. The van der Waals surface area contributed by atoms with Crippen molar-refractivity contribution < 1.29 is 5.11 Å². The molecule has 2 N–H and O–H groups in total. The molecule has 0 radical (unpaired) electrons. The summed E-state index contributed by atoms with van der Waals surface area (Å²) in [6, 6.07) is 10.9. The van der Waals surface area contributed by atoms with Crippen LogP contribution in [-0.4, -0.2) is 28.8 Å². The fourth-order valence-corrected chi connectivity index (χ4v) is 3.88. The summed E-state index contributed by atoms with van der Waals surface area (Å²) in [7, 11) is 0. The fraction of sp³-hybridized carbons (Fsp3) is 0.625. The predicted molar refractivity (Wildman–Crippen MR) is 83.5 cm³/mol. The smallest absolute Gasteiger partial charge is 0.0787 e. The number of aliphatic hydroxyl groups is 1. The lowest BCUT2D eigenvalue weighted by molar-refractivity contribution is 0.0280. The van der Waals surface area contributed by atoms with Crippen LogP contribution in [0.25, 0.3) is 0 Å². The summed E-state index contributed by atoms with van der Waals surface area (Å²) < 4.78 is 0. The Balaban J connectivity index is 1.98. The van der Waals surface area contributed by atoms with Gasteiger partial charge in [-0.15, -0.1) is 0 Å². The van der Waals surface area contributed by atoms with E-state index in [1.807, 2.05) is 17.8 Å². The topological polar surface area (TPSA) is 32.3 Å². The molecule has 19 heavy (non-hydrogen) atoms. The van der Waals surface area contributed by atoms with Crippen LogP contribution in [0.3, 0.4) is 0 Å². The Morgan fingerprint density at radius 1 is 1.21 bits per heavy atom. The van der Waals surface area contributed by atoms with E-state index >= 15 is 0 Å². The molecular formula is C16H25NOS. The van der Waals surface area contributed by atoms with Crippen molar-refractivity contribution in [2.75, 3.05) is 18.1 Å². The van der Waals surface area contributed by atoms with Crippen molar-refractivity contribution in [3.8, 4) is 0 Å². The highest BCUT2D eigenvalue weighted by molar-refractivity contribution is 7.99. The third-order valence-corrected chi connectivity index (χ3v) is 4.89. The number of nitrogens with one attached hydrogen (secondary N) is 1. The first-order valence-corrected chi connectivity index (χ1v) is 8.35. The Kier molecular flexibility index (Phi) is 5.31. The molecule has 1 fully saturated rings. The molecule has 2 rings (SSSR count). The molecule has 1 aromatic rings. The lowest BCUT2D eigenvalue weighted by Crippen LogP contribution is -2.45. The van der Waals surface area contributed by atoms with Crippen molar-refractivity contribution in [1.82, 2.24) is 5.32 Å². The molecule has 1 aromatic carbocycles. The molecule has 0 aromatic heterocycles. The third kappa shape index (κ3) is 4.23. The van der Waals surface area contributed by atoms with Crippen LogP contribution < -0.4 is 5.32 Å². The number of thioether (sulfide) groups is 1. The normalized spacial score (nSPS) is 20.4. The van der Waals surface area contributed by atoms with Crippen LogP contribution in [0.1, 0.15) is 38.3 Å². The van der Waals surface area contributed by atoms with E-state index < -0.39 is 5.60 Å². The van der Waals surface area contributed by atoms with Crippen LogP contribution in [0.15, 0.2) is 30.3 Å². The molecule has 1 atom stereocenters. The summed E-state index contributed by atoms with van der Waals surface area (Å²) in [6.45, 7) is 5.15. The summed E-state index contributed by atoms with van der Waals surface area (Å²) >= 11 is 1.95. The Morgan fingerprint density at radius 2 is 1.84 bits per heavy atom. The monoisotopic (exact) mass is 279 g/mol. The lowest BCUT2D eigenvalue weighted by Gasteiger charge is -2.34. The van der Waals surface area contributed by atoms with E-state index in [1.54, 1.807) is 0 Å². The van der Waals surface area contributed by atoms with Crippen LogP contribution in [0.2, 0.25) is 0 Å². The summed E-state index contributed by atoms with van der Waals surface area (Å²) in [6.07, 6.45) is 1.81. The molecule has 0 amide bonds. The van der Waals surface area contributed by atoms with Crippen molar-refractivity contribution in [3.63, 3.8) is 0 Å². The van der Waals surface area contributed by atoms with Gasteiger partial charge in [0.05, 0.1) is 5.60 Å². The maximum atomic E-state index is 10.6. The fourth-order valence-electron chi connectivity index (χ4n) is 2.63. The van der Waals surface area contributed by atoms with E-state index in [9.17, 15) is 5.11 Å². The van der Waals surface area contributed by atoms with E-state index in [1.165, 1.54) is 5.56 Å². The predicted octanol–water partition coefficient (Wildman–Crippen LogP) is 3.23. The van der Waals surface area contributed by atoms with Gasteiger partial charge in [-0.2, -0.15) is 11.8 Å². The molecule has 1 unspecified atom stereocenters. The lowest BCUT2D eigenvalue weighted by atomic mass is 9.92. The zero-order valence-corrected chi connectivity index (χ0v) is 12.7. The quantitative estimate of drug-likeness (QED) is 0.868. The first-order valence-electron chi connectivity index (χ1n) is 7.19. The second kappa shape index (κ2) is 6.78. The van der Waals surface area contributed by atoms with E-state index in [-0.39, 0.29) is 0 Å². The summed E-state index contributed by atoms with van der Waals surface area (Å²) in [5, 5.41) is 14.2. The molecule has 0 saturated carbocycles. The third-order valence-electron chi connectivity index (χ3n) is 3.90. The van der Waals surface area contributed by atoms with Crippen LogP contribution in [0.4, 0.5) is 0 Å². The van der Waals surface area contributed by atoms with Gasteiger partial charge in [0, 0.05) is 12.6 Å². The molecule has 2 nitrogen and oxygen atoms in total. The minimum absolute atomic E-state index is 0.319. The molecule has 0 aliphatic carbocycles. The highest BCUT2D eigenvalue weighted by Crippen LogP contribution is 2.28. The second-order valence-electron chi connectivity index (χ2n) is 5.85. The second-order valence-corrected chi connectivity index (χ2v) is 7.07. The molecule has 0 spiro atoms. The Hall–Kier alpha value is -0.510. The molecular weight excluding hydrogens is 254 g/mol. The average Bonchev–Trinajstić information content (AvgIpc) is 2.40. The highest BCUT2D eigenvalue weighted by atomic mass is 32.2. The first kappa shape index (κ1) is 14.9. The number of hydrogen-bond donors (Lipinski definition) is 2. The minimum Gasteiger partial charge on any atom is -0.389 e. The standard InChI is InChI=1S/C16H25NOS/c1-13(2)15(14-6-4-3-5-7-14)17-12-16(18)8-10-19-11-9-16/h3-7,13,15,17-18H,8-12H2,1-2H3. The van der Waals surface area contributed by atoms with Gasteiger partial charge >= 0.3 is 0 Å². The van der Waals surface area contributed by atoms with Gasteiger partial charge in [0.1, 0.15) is 0 Å². The molecule has 106 valence electrons. The van der Waals surface area contributed by atoms with E-state index in [0.717, 1.165) is 24.3 Å².